The smallest absolute Gasteiger partial charge is 0.240 e. The molecule has 0 saturated carbocycles. The molecule has 2 aromatic rings. The van der Waals surface area contributed by atoms with Crippen LogP contribution in [0.25, 0.3) is 0 Å². The van der Waals surface area contributed by atoms with Crippen molar-refractivity contribution in [2.24, 2.45) is 4.99 Å². The van der Waals surface area contributed by atoms with Gasteiger partial charge in [0.25, 0.3) is 0 Å². The summed E-state index contributed by atoms with van der Waals surface area (Å²) in [5.74, 6) is 0.758. The number of rotatable bonds is 7. The number of benzene rings is 2. The van der Waals surface area contributed by atoms with Gasteiger partial charge < -0.3 is 4.74 Å². The number of sulfonamides is 1. The Labute approximate surface area is 137 Å². The van der Waals surface area contributed by atoms with Gasteiger partial charge in [-0.15, -0.1) is 0 Å². The molecular weight excluding hydrogens is 312 g/mol. The van der Waals surface area contributed by atoms with E-state index < -0.39 is 10.0 Å². The first-order chi connectivity index (χ1) is 11.0. The maximum absolute atomic E-state index is 12.1. The van der Waals surface area contributed by atoms with Crippen molar-refractivity contribution in [3.8, 4) is 5.75 Å². The Hall–Kier alpha value is -2.18. The first kappa shape index (κ1) is 17.2. The van der Waals surface area contributed by atoms with E-state index in [9.17, 15) is 8.42 Å². The topological polar surface area (TPSA) is 67.8 Å². The van der Waals surface area contributed by atoms with Gasteiger partial charge in [0, 0.05) is 12.8 Å². The second-order valence-corrected chi connectivity index (χ2v) is 6.79. The molecule has 23 heavy (non-hydrogen) atoms. The fourth-order valence-electron chi connectivity index (χ4n) is 1.94. The van der Waals surface area contributed by atoms with Crippen LogP contribution >= 0.6 is 0 Å². The Bertz CT molecular complexity index is 769. The van der Waals surface area contributed by atoms with Crippen molar-refractivity contribution in [3.05, 3.63) is 59.7 Å². The minimum absolute atomic E-state index is 0.247. The number of hydrogen-bond donors (Lipinski definition) is 1. The Morgan fingerprint density at radius 1 is 1.17 bits per heavy atom. The third-order valence-corrected chi connectivity index (χ3v) is 4.68. The summed E-state index contributed by atoms with van der Waals surface area (Å²) in [4.78, 5) is 4.48. The molecule has 0 atom stereocenters. The van der Waals surface area contributed by atoms with E-state index in [-0.39, 0.29) is 11.4 Å². The molecule has 0 radical (unpaired) electrons. The van der Waals surface area contributed by atoms with E-state index in [1.54, 1.807) is 37.6 Å². The van der Waals surface area contributed by atoms with Crippen LogP contribution in [-0.2, 0) is 10.0 Å². The van der Waals surface area contributed by atoms with Gasteiger partial charge in [-0.1, -0.05) is 29.8 Å². The van der Waals surface area contributed by atoms with Crippen LogP contribution in [0.5, 0.6) is 5.75 Å². The van der Waals surface area contributed by atoms with E-state index in [4.69, 9.17) is 4.74 Å². The lowest BCUT2D eigenvalue weighted by atomic mass is 10.2. The minimum atomic E-state index is -3.48. The Balaban J connectivity index is 1.86. The van der Waals surface area contributed by atoms with Gasteiger partial charge >= 0.3 is 0 Å². The molecule has 0 saturated heterocycles. The van der Waals surface area contributed by atoms with Crippen LogP contribution in [0.15, 0.2) is 58.4 Å². The van der Waals surface area contributed by atoms with E-state index in [1.807, 2.05) is 31.2 Å². The van der Waals surface area contributed by atoms with Crippen LogP contribution < -0.4 is 9.46 Å². The quantitative estimate of drug-likeness (QED) is 0.625. The van der Waals surface area contributed by atoms with Crippen molar-refractivity contribution >= 4 is 16.2 Å². The van der Waals surface area contributed by atoms with E-state index in [1.165, 1.54) is 0 Å². The second-order valence-electron chi connectivity index (χ2n) is 5.02. The maximum atomic E-state index is 12.1. The van der Waals surface area contributed by atoms with E-state index in [0.29, 0.717) is 6.54 Å². The monoisotopic (exact) mass is 332 g/mol. The molecule has 0 aromatic heterocycles. The highest BCUT2D eigenvalue weighted by Crippen LogP contribution is 2.11. The van der Waals surface area contributed by atoms with Crippen LogP contribution in [0.2, 0.25) is 0 Å². The zero-order chi connectivity index (χ0) is 16.7. The number of nitrogens with one attached hydrogen (secondary N) is 1. The summed E-state index contributed by atoms with van der Waals surface area (Å²) < 4.78 is 31.8. The lowest BCUT2D eigenvalue weighted by Crippen LogP contribution is -2.26. The van der Waals surface area contributed by atoms with Gasteiger partial charge in [0.1, 0.15) is 5.75 Å². The predicted molar refractivity (Wildman–Crippen MR) is 91.8 cm³/mol. The molecule has 2 rings (SSSR count). The molecule has 1 N–H and O–H groups in total. The predicted octanol–water partition coefficient (Wildman–Crippen LogP) is 2.40. The second kappa shape index (κ2) is 7.89. The average molecular weight is 332 g/mol. The average Bonchev–Trinajstić information content (AvgIpc) is 2.55. The van der Waals surface area contributed by atoms with Crippen molar-refractivity contribution < 1.29 is 13.2 Å². The standard InChI is InChI=1S/C17H20N2O3S/c1-14-6-8-17(9-7-14)23(20,21)19-11-10-18-13-15-4-3-5-16(12-15)22-2/h3-9,12-13,19H,10-11H2,1-2H3. The summed E-state index contributed by atoms with van der Waals surface area (Å²) in [6, 6.07) is 14.2. The number of aliphatic imine (C=N–C) groups is 1. The van der Waals surface area contributed by atoms with Gasteiger partial charge in [0.2, 0.25) is 10.0 Å². The first-order valence-corrected chi connectivity index (χ1v) is 8.70. The van der Waals surface area contributed by atoms with Crippen molar-refractivity contribution in [2.45, 2.75) is 11.8 Å². The summed E-state index contributed by atoms with van der Waals surface area (Å²) in [7, 11) is -1.87. The molecule has 0 spiro atoms. The van der Waals surface area contributed by atoms with Gasteiger partial charge in [-0.2, -0.15) is 0 Å². The molecule has 0 unspecified atom stereocenters. The summed E-state index contributed by atoms with van der Waals surface area (Å²) >= 11 is 0. The lowest BCUT2D eigenvalue weighted by molar-refractivity contribution is 0.415. The molecule has 0 aliphatic heterocycles. The fourth-order valence-corrected chi connectivity index (χ4v) is 2.96. The highest BCUT2D eigenvalue weighted by molar-refractivity contribution is 7.89. The van der Waals surface area contributed by atoms with Gasteiger partial charge in [0.15, 0.2) is 0 Å². The Morgan fingerprint density at radius 2 is 1.91 bits per heavy atom. The number of ether oxygens (including phenoxy) is 1. The maximum Gasteiger partial charge on any atom is 0.240 e. The molecule has 0 heterocycles. The fraction of sp³-hybridized carbons (Fsp3) is 0.235. The third-order valence-electron chi connectivity index (χ3n) is 3.20. The summed E-state index contributed by atoms with van der Waals surface area (Å²) in [6.45, 7) is 2.52. The van der Waals surface area contributed by atoms with Crippen molar-refractivity contribution in [1.82, 2.24) is 4.72 Å². The number of aryl methyl sites for hydroxylation is 1. The summed E-state index contributed by atoms with van der Waals surface area (Å²) in [5, 5.41) is 0. The summed E-state index contributed by atoms with van der Waals surface area (Å²) in [6.07, 6.45) is 1.70. The highest BCUT2D eigenvalue weighted by atomic mass is 32.2. The van der Waals surface area contributed by atoms with Crippen LogP contribution in [0.3, 0.4) is 0 Å². The molecule has 0 aliphatic rings. The van der Waals surface area contributed by atoms with Crippen molar-refractivity contribution in [2.75, 3.05) is 20.2 Å². The minimum Gasteiger partial charge on any atom is -0.497 e. The van der Waals surface area contributed by atoms with Crippen LogP contribution in [0.1, 0.15) is 11.1 Å². The van der Waals surface area contributed by atoms with Gasteiger partial charge in [0.05, 0.1) is 18.6 Å². The highest BCUT2D eigenvalue weighted by Gasteiger charge is 2.12. The number of hydrogen-bond acceptors (Lipinski definition) is 4. The zero-order valence-corrected chi connectivity index (χ0v) is 14.0. The zero-order valence-electron chi connectivity index (χ0n) is 13.2. The molecule has 6 heteroatoms. The normalized spacial score (nSPS) is 11.7. The molecular formula is C17H20N2O3S. The van der Waals surface area contributed by atoms with Crippen LogP contribution in [-0.4, -0.2) is 34.8 Å². The lowest BCUT2D eigenvalue weighted by Gasteiger charge is -2.05. The molecule has 5 nitrogen and oxygen atoms in total. The largest absolute Gasteiger partial charge is 0.497 e. The number of nitrogens with zero attached hydrogens (tertiary/aromatic N) is 1. The van der Waals surface area contributed by atoms with E-state index in [0.717, 1.165) is 16.9 Å². The van der Waals surface area contributed by atoms with Crippen LogP contribution in [0, 0.1) is 6.92 Å². The van der Waals surface area contributed by atoms with Crippen molar-refractivity contribution in [3.63, 3.8) is 0 Å². The van der Waals surface area contributed by atoms with Crippen molar-refractivity contribution in [1.29, 1.82) is 0 Å². The molecule has 122 valence electrons. The molecule has 0 fully saturated rings. The van der Waals surface area contributed by atoms with Gasteiger partial charge in [-0.3, -0.25) is 4.99 Å². The molecule has 2 aromatic carbocycles. The molecule has 0 aliphatic carbocycles. The van der Waals surface area contributed by atoms with Crippen LogP contribution in [0.4, 0.5) is 0 Å². The van der Waals surface area contributed by atoms with Gasteiger partial charge in [-0.05, 0) is 36.8 Å². The Kier molecular flexibility index (Phi) is 5.90. The van der Waals surface area contributed by atoms with E-state index in [2.05, 4.69) is 9.71 Å². The molecule has 0 amide bonds. The summed E-state index contributed by atoms with van der Waals surface area (Å²) in [5.41, 5.74) is 1.93. The number of methoxy groups -OCH3 is 1. The SMILES string of the molecule is COc1cccc(C=NCCNS(=O)(=O)c2ccc(C)cc2)c1. The first-order valence-electron chi connectivity index (χ1n) is 7.21. The Morgan fingerprint density at radius 3 is 2.61 bits per heavy atom. The van der Waals surface area contributed by atoms with E-state index >= 15 is 0 Å². The molecule has 0 bridgehead atoms. The van der Waals surface area contributed by atoms with Gasteiger partial charge in [-0.25, -0.2) is 13.1 Å². The third kappa shape index (κ3) is 5.19.